The Morgan fingerprint density at radius 2 is 1.87 bits per heavy atom. The van der Waals surface area contributed by atoms with Crippen molar-refractivity contribution in [2.24, 2.45) is 0 Å². The lowest BCUT2D eigenvalue weighted by Gasteiger charge is -2.05. The lowest BCUT2D eigenvalue weighted by Crippen LogP contribution is -2.13. The minimum Gasteiger partial charge on any atom is -0.360 e. The zero-order valence-electron chi connectivity index (χ0n) is 11.6. The number of rotatable bonds is 5. The van der Waals surface area contributed by atoms with Crippen LogP contribution in [0.25, 0.3) is 0 Å². The molecule has 0 saturated heterocycles. The average molecular weight is 372 g/mol. The number of thiophene rings is 1. The Morgan fingerprint density at radius 3 is 2.43 bits per heavy atom. The van der Waals surface area contributed by atoms with Gasteiger partial charge in [0.2, 0.25) is 0 Å². The first kappa shape index (κ1) is 15.7. The van der Waals surface area contributed by atoms with Gasteiger partial charge < -0.3 is 9.84 Å². The van der Waals surface area contributed by atoms with Gasteiger partial charge in [-0.25, -0.2) is 8.42 Å². The molecule has 0 unspecified atom stereocenters. The summed E-state index contributed by atoms with van der Waals surface area (Å²) in [5.41, 5.74) is 0. The Labute approximate surface area is 140 Å². The van der Waals surface area contributed by atoms with Crippen LogP contribution in [0.15, 0.2) is 39.1 Å². The second kappa shape index (κ2) is 6.14. The van der Waals surface area contributed by atoms with Gasteiger partial charge in [0.25, 0.3) is 10.0 Å². The minimum atomic E-state index is -3.73. The van der Waals surface area contributed by atoms with E-state index >= 15 is 0 Å². The lowest BCUT2D eigenvalue weighted by molar-refractivity contribution is 0.400. The maximum atomic E-state index is 12.1. The molecule has 3 aromatic heterocycles. The van der Waals surface area contributed by atoms with Crippen molar-refractivity contribution in [2.45, 2.75) is 11.1 Å². The van der Waals surface area contributed by atoms with E-state index in [-0.39, 0.29) is 10.0 Å². The van der Waals surface area contributed by atoms with Gasteiger partial charge in [-0.05, 0) is 31.2 Å². The molecule has 23 heavy (non-hydrogen) atoms. The third kappa shape index (κ3) is 3.78. The number of nitrogens with one attached hydrogen (secondary N) is 2. The first-order valence-corrected chi connectivity index (χ1v) is 8.92. The maximum Gasteiger partial charge on any atom is 0.272 e. The van der Waals surface area contributed by atoms with Gasteiger partial charge in [-0.1, -0.05) is 16.8 Å². The van der Waals surface area contributed by atoms with Crippen molar-refractivity contribution in [1.82, 2.24) is 15.4 Å². The van der Waals surface area contributed by atoms with Gasteiger partial charge in [-0.15, -0.1) is 21.5 Å². The van der Waals surface area contributed by atoms with Crippen LogP contribution in [0.1, 0.15) is 5.76 Å². The number of aromatic nitrogens is 3. The fourth-order valence-electron chi connectivity index (χ4n) is 1.64. The highest BCUT2D eigenvalue weighted by molar-refractivity contribution is 7.94. The molecule has 0 saturated carbocycles. The van der Waals surface area contributed by atoms with Crippen LogP contribution in [0.5, 0.6) is 0 Å². The Balaban J connectivity index is 1.72. The Hall–Kier alpha value is -2.17. The smallest absolute Gasteiger partial charge is 0.272 e. The van der Waals surface area contributed by atoms with Gasteiger partial charge in [0.1, 0.15) is 9.97 Å². The summed E-state index contributed by atoms with van der Waals surface area (Å²) in [6, 6.07) is 7.68. The van der Waals surface area contributed by atoms with Crippen molar-refractivity contribution < 1.29 is 12.9 Å². The predicted molar refractivity (Wildman–Crippen MR) is 86.7 cm³/mol. The SMILES string of the molecule is Cc1cc(Nc2ccc(NS(=O)(=O)c3ccc(Cl)s3)nn2)no1. The molecule has 0 radical (unpaired) electrons. The molecule has 0 fully saturated rings. The minimum absolute atomic E-state index is 0.0939. The molecule has 0 spiro atoms. The molecule has 0 bridgehead atoms. The van der Waals surface area contributed by atoms with Crippen LogP contribution in [0.4, 0.5) is 17.5 Å². The molecule has 120 valence electrons. The van der Waals surface area contributed by atoms with Crippen molar-refractivity contribution >= 4 is 50.4 Å². The van der Waals surface area contributed by atoms with Gasteiger partial charge in [0.05, 0.1) is 4.34 Å². The standard InChI is InChI=1S/C12H10ClN5O3S2/c1-7-6-11(17-21-7)14-9-3-4-10(16-15-9)18-23(19,20)12-5-2-8(13)22-12/h2-6H,1H3,(H,16,18)(H,14,15,17). The summed E-state index contributed by atoms with van der Waals surface area (Å²) in [5.74, 6) is 1.63. The summed E-state index contributed by atoms with van der Waals surface area (Å²) in [4.78, 5) is 0. The molecule has 3 aromatic rings. The van der Waals surface area contributed by atoms with Crippen LogP contribution < -0.4 is 10.0 Å². The zero-order chi connectivity index (χ0) is 16.4. The van der Waals surface area contributed by atoms with Crippen LogP contribution in [0.2, 0.25) is 4.34 Å². The van der Waals surface area contributed by atoms with E-state index in [1.807, 2.05) is 0 Å². The molecule has 0 aromatic carbocycles. The van der Waals surface area contributed by atoms with Crippen LogP contribution in [0, 0.1) is 6.92 Å². The monoisotopic (exact) mass is 371 g/mol. The molecule has 0 atom stereocenters. The normalized spacial score (nSPS) is 11.4. The first-order valence-electron chi connectivity index (χ1n) is 6.25. The summed E-state index contributed by atoms with van der Waals surface area (Å²) < 4.78 is 32.0. The molecular weight excluding hydrogens is 362 g/mol. The number of anilines is 3. The maximum absolute atomic E-state index is 12.1. The van der Waals surface area contributed by atoms with Crippen molar-refractivity contribution in [3.63, 3.8) is 0 Å². The van der Waals surface area contributed by atoms with Gasteiger partial charge in [-0.3, -0.25) is 4.72 Å². The number of nitrogens with zero attached hydrogens (tertiary/aromatic N) is 3. The highest BCUT2D eigenvalue weighted by Gasteiger charge is 2.17. The number of halogens is 1. The Morgan fingerprint density at radius 1 is 1.13 bits per heavy atom. The van der Waals surface area contributed by atoms with Crippen molar-refractivity contribution in [3.8, 4) is 0 Å². The topological polar surface area (TPSA) is 110 Å². The summed E-state index contributed by atoms with van der Waals surface area (Å²) in [6.07, 6.45) is 0. The average Bonchev–Trinajstić information content (AvgIpc) is 3.10. The molecule has 0 amide bonds. The van der Waals surface area contributed by atoms with Gasteiger partial charge in [0.15, 0.2) is 17.5 Å². The summed E-state index contributed by atoms with van der Waals surface area (Å²) in [7, 11) is -3.73. The molecule has 8 nitrogen and oxygen atoms in total. The fourth-order valence-corrected chi connectivity index (χ4v) is 4.12. The van der Waals surface area contributed by atoms with Crippen LogP contribution in [-0.2, 0) is 10.0 Å². The molecular formula is C12H10ClN5O3S2. The number of hydrogen-bond donors (Lipinski definition) is 2. The van der Waals surface area contributed by atoms with E-state index in [0.717, 1.165) is 11.3 Å². The third-order valence-corrected chi connectivity index (χ3v) is 5.68. The second-order valence-electron chi connectivity index (χ2n) is 4.42. The predicted octanol–water partition coefficient (Wildman–Crippen LogP) is 3.03. The molecule has 11 heteroatoms. The van der Waals surface area contributed by atoms with E-state index in [2.05, 4.69) is 25.4 Å². The van der Waals surface area contributed by atoms with Crippen molar-refractivity contribution in [3.05, 3.63) is 40.4 Å². The quantitative estimate of drug-likeness (QED) is 0.709. The third-order valence-electron chi connectivity index (χ3n) is 2.60. The van der Waals surface area contributed by atoms with Crippen molar-refractivity contribution in [1.29, 1.82) is 0 Å². The molecule has 2 N–H and O–H groups in total. The number of hydrogen-bond acceptors (Lipinski definition) is 8. The Bertz CT molecular complexity index is 920. The molecule has 3 rings (SSSR count). The van der Waals surface area contributed by atoms with E-state index in [0.29, 0.717) is 21.7 Å². The van der Waals surface area contributed by atoms with E-state index in [1.54, 1.807) is 19.1 Å². The zero-order valence-corrected chi connectivity index (χ0v) is 14.0. The summed E-state index contributed by atoms with van der Waals surface area (Å²) in [6.45, 7) is 1.76. The van der Waals surface area contributed by atoms with E-state index < -0.39 is 10.0 Å². The van der Waals surface area contributed by atoms with Crippen LogP contribution in [-0.4, -0.2) is 23.8 Å². The number of aryl methyl sites for hydroxylation is 1. The van der Waals surface area contributed by atoms with Gasteiger partial charge >= 0.3 is 0 Å². The fraction of sp³-hybridized carbons (Fsp3) is 0.0833. The first-order chi connectivity index (χ1) is 10.9. The van der Waals surface area contributed by atoms with Gasteiger partial charge in [0, 0.05) is 6.07 Å². The molecule has 3 heterocycles. The molecule has 0 aliphatic rings. The van der Waals surface area contributed by atoms with Crippen molar-refractivity contribution in [2.75, 3.05) is 10.0 Å². The largest absolute Gasteiger partial charge is 0.360 e. The van der Waals surface area contributed by atoms with E-state index in [9.17, 15) is 8.42 Å². The summed E-state index contributed by atoms with van der Waals surface area (Å²) in [5, 5.41) is 14.3. The number of sulfonamides is 1. The van der Waals surface area contributed by atoms with Gasteiger partial charge in [-0.2, -0.15) is 0 Å². The van der Waals surface area contributed by atoms with Crippen LogP contribution in [0.3, 0.4) is 0 Å². The van der Waals surface area contributed by atoms with Crippen LogP contribution >= 0.6 is 22.9 Å². The van der Waals surface area contributed by atoms with E-state index in [4.69, 9.17) is 16.1 Å². The molecule has 0 aliphatic heterocycles. The molecule has 0 aliphatic carbocycles. The second-order valence-corrected chi connectivity index (χ2v) is 8.04. The lowest BCUT2D eigenvalue weighted by atomic mass is 10.4. The highest BCUT2D eigenvalue weighted by atomic mass is 35.5. The highest BCUT2D eigenvalue weighted by Crippen LogP contribution is 2.26. The Kier molecular flexibility index (Phi) is 4.20. The summed E-state index contributed by atoms with van der Waals surface area (Å²) >= 11 is 6.70. The van der Waals surface area contributed by atoms with E-state index in [1.165, 1.54) is 18.2 Å².